The molecule has 5 fully saturated rings. The third-order valence-electron chi connectivity index (χ3n) is 9.41. The molecule has 0 aromatic heterocycles. The second-order valence-electron chi connectivity index (χ2n) is 12.1. The van der Waals surface area contributed by atoms with Crippen LogP contribution in [0.1, 0.15) is 65.6 Å². The SMILES string of the molecule is O=C(NCc1ccc(CC2CCN(C3C4CC5CC3CC(O)(C5)C4)C2=O)c(Cl)c1)c1ccc(C(F)(F)F)cc1. The molecule has 1 heterocycles. The maximum Gasteiger partial charge on any atom is 0.416 e. The number of carbonyl (C=O) groups is 2. The van der Waals surface area contributed by atoms with Crippen LogP contribution in [0.5, 0.6) is 0 Å². The van der Waals surface area contributed by atoms with Crippen LogP contribution in [0.2, 0.25) is 5.02 Å². The highest BCUT2D eigenvalue weighted by molar-refractivity contribution is 6.31. The number of rotatable bonds is 6. The van der Waals surface area contributed by atoms with Crippen LogP contribution < -0.4 is 5.32 Å². The zero-order valence-corrected chi connectivity index (χ0v) is 22.3. The lowest BCUT2D eigenvalue weighted by Crippen LogP contribution is -2.62. The minimum absolute atomic E-state index is 0.118. The van der Waals surface area contributed by atoms with Crippen molar-refractivity contribution in [2.45, 2.75) is 69.3 Å². The predicted molar refractivity (Wildman–Crippen MR) is 140 cm³/mol. The van der Waals surface area contributed by atoms with Crippen LogP contribution in [0.25, 0.3) is 0 Å². The number of aliphatic hydroxyl groups is 1. The Morgan fingerprint density at radius 3 is 2.38 bits per heavy atom. The average molecular weight is 561 g/mol. The molecule has 2 aromatic rings. The summed E-state index contributed by atoms with van der Waals surface area (Å²) in [4.78, 5) is 28.0. The first kappa shape index (κ1) is 26.6. The van der Waals surface area contributed by atoms with Gasteiger partial charge in [-0.1, -0.05) is 23.7 Å². The first-order valence-corrected chi connectivity index (χ1v) is 14.1. The van der Waals surface area contributed by atoms with Gasteiger partial charge in [0.15, 0.2) is 0 Å². The zero-order valence-electron chi connectivity index (χ0n) is 21.5. The molecule has 1 aliphatic heterocycles. The van der Waals surface area contributed by atoms with E-state index in [0.29, 0.717) is 29.2 Å². The van der Waals surface area contributed by atoms with Gasteiger partial charge < -0.3 is 15.3 Å². The number of alkyl halides is 3. The first-order chi connectivity index (χ1) is 18.5. The van der Waals surface area contributed by atoms with Crippen LogP contribution >= 0.6 is 11.6 Å². The van der Waals surface area contributed by atoms with Crippen molar-refractivity contribution < 1.29 is 27.9 Å². The summed E-state index contributed by atoms with van der Waals surface area (Å²) in [5.41, 5.74) is 0.468. The maximum absolute atomic E-state index is 13.5. The van der Waals surface area contributed by atoms with Crippen LogP contribution in [-0.2, 0) is 23.9 Å². The van der Waals surface area contributed by atoms with Gasteiger partial charge in [-0.3, -0.25) is 9.59 Å². The minimum Gasteiger partial charge on any atom is -0.390 e. The Hall–Kier alpha value is -2.58. The van der Waals surface area contributed by atoms with Crippen molar-refractivity contribution >= 4 is 23.4 Å². The number of hydrogen-bond donors (Lipinski definition) is 2. The minimum atomic E-state index is -4.45. The van der Waals surface area contributed by atoms with E-state index >= 15 is 0 Å². The van der Waals surface area contributed by atoms with Gasteiger partial charge in [-0.2, -0.15) is 13.2 Å². The lowest BCUT2D eigenvalue weighted by Gasteiger charge is -2.59. The van der Waals surface area contributed by atoms with Gasteiger partial charge in [-0.15, -0.1) is 0 Å². The van der Waals surface area contributed by atoms with E-state index in [4.69, 9.17) is 11.6 Å². The quantitative estimate of drug-likeness (QED) is 0.482. The lowest BCUT2D eigenvalue weighted by atomic mass is 9.52. The largest absolute Gasteiger partial charge is 0.416 e. The van der Waals surface area contributed by atoms with Gasteiger partial charge in [0.1, 0.15) is 0 Å². The molecule has 4 saturated carbocycles. The van der Waals surface area contributed by atoms with Gasteiger partial charge in [0.05, 0.1) is 11.2 Å². The highest BCUT2D eigenvalue weighted by atomic mass is 35.5. The zero-order chi connectivity index (χ0) is 27.5. The molecule has 2 aromatic carbocycles. The summed E-state index contributed by atoms with van der Waals surface area (Å²) >= 11 is 6.58. The Kier molecular flexibility index (Phi) is 6.70. The Morgan fingerprint density at radius 2 is 1.77 bits per heavy atom. The predicted octanol–water partition coefficient (Wildman–Crippen LogP) is 5.62. The first-order valence-electron chi connectivity index (χ1n) is 13.7. The molecule has 0 spiro atoms. The van der Waals surface area contributed by atoms with Crippen LogP contribution in [-0.4, -0.2) is 40.0 Å². The molecule has 5 nitrogen and oxygen atoms in total. The molecule has 4 aliphatic carbocycles. The van der Waals surface area contributed by atoms with E-state index in [-0.39, 0.29) is 30.0 Å². The van der Waals surface area contributed by atoms with Gasteiger partial charge in [-0.05, 0) is 104 Å². The molecule has 4 bridgehead atoms. The third kappa shape index (κ3) is 5.18. The number of hydrogen-bond acceptors (Lipinski definition) is 3. The van der Waals surface area contributed by atoms with E-state index in [9.17, 15) is 27.9 Å². The molecular weight excluding hydrogens is 529 g/mol. The number of benzene rings is 2. The van der Waals surface area contributed by atoms with Crippen molar-refractivity contribution in [2.75, 3.05) is 6.54 Å². The van der Waals surface area contributed by atoms with E-state index in [1.54, 1.807) is 6.07 Å². The molecular formula is C30H32ClF3N2O3. The van der Waals surface area contributed by atoms with Crippen LogP contribution in [0.4, 0.5) is 13.2 Å². The van der Waals surface area contributed by atoms with Gasteiger partial charge in [-0.25, -0.2) is 0 Å². The third-order valence-corrected chi connectivity index (χ3v) is 9.76. The van der Waals surface area contributed by atoms with Gasteiger partial charge in [0.2, 0.25) is 5.91 Å². The van der Waals surface area contributed by atoms with Gasteiger partial charge in [0, 0.05) is 35.6 Å². The second-order valence-corrected chi connectivity index (χ2v) is 12.5. The summed E-state index contributed by atoms with van der Waals surface area (Å²) in [6, 6.07) is 9.84. The van der Waals surface area contributed by atoms with Crippen molar-refractivity contribution in [3.05, 3.63) is 69.7 Å². The van der Waals surface area contributed by atoms with Crippen LogP contribution in [0.15, 0.2) is 42.5 Å². The fourth-order valence-corrected chi connectivity index (χ4v) is 8.22. The molecule has 1 saturated heterocycles. The number of carbonyl (C=O) groups excluding carboxylic acids is 2. The highest BCUT2D eigenvalue weighted by Gasteiger charge is 2.57. The van der Waals surface area contributed by atoms with Gasteiger partial charge >= 0.3 is 6.18 Å². The molecule has 2 amide bonds. The standard InChI is InChI=1S/C30H32ClF3N2O3/c31-25-11-17(16-35-27(37)19-3-5-24(6-4-19)30(32,33)34)1-2-20(25)12-21-7-8-36(28(21)38)26-22-9-18-10-23(26)15-29(39,13-18)14-22/h1-6,11,18,21-23,26,39H,7-10,12-16H2,(H,35,37). The van der Waals surface area contributed by atoms with Crippen LogP contribution in [0, 0.1) is 23.7 Å². The molecule has 2 N–H and O–H groups in total. The molecule has 0 radical (unpaired) electrons. The summed E-state index contributed by atoms with van der Waals surface area (Å²) in [7, 11) is 0. The highest BCUT2D eigenvalue weighted by Crippen LogP contribution is 2.57. The number of nitrogens with zero attached hydrogens (tertiary/aromatic N) is 1. The molecule has 3 unspecified atom stereocenters. The monoisotopic (exact) mass is 560 g/mol. The maximum atomic E-state index is 13.5. The molecule has 5 aliphatic rings. The Bertz CT molecular complexity index is 1270. The Labute approximate surface area is 230 Å². The van der Waals surface area contributed by atoms with E-state index in [0.717, 1.165) is 80.5 Å². The number of amides is 2. The molecule has 7 rings (SSSR count). The van der Waals surface area contributed by atoms with Gasteiger partial charge in [0.25, 0.3) is 5.91 Å². The number of likely N-dealkylation sites (tertiary alicyclic amines) is 1. The molecule has 208 valence electrons. The van der Waals surface area contributed by atoms with Crippen molar-refractivity contribution in [1.29, 1.82) is 0 Å². The van der Waals surface area contributed by atoms with E-state index in [2.05, 4.69) is 10.2 Å². The van der Waals surface area contributed by atoms with E-state index in [1.165, 1.54) is 0 Å². The second kappa shape index (κ2) is 9.81. The van der Waals surface area contributed by atoms with Crippen molar-refractivity contribution in [2.24, 2.45) is 23.7 Å². The topological polar surface area (TPSA) is 69.6 Å². The molecule has 3 atom stereocenters. The van der Waals surface area contributed by atoms with Crippen molar-refractivity contribution in [3.63, 3.8) is 0 Å². The summed E-state index contributed by atoms with van der Waals surface area (Å²) in [6.07, 6.45) is 1.72. The van der Waals surface area contributed by atoms with E-state index < -0.39 is 23.2 Å². The smallest absolute Gasteiger partial charge is 0.390 e. The van der Waals surface area contributed by atoms with Crippen molar-refractivity contribution in [1.82, 2.24) is 10.2 Å². The van der Waals surface area contributed by atoms with Crippen LogP contribution in [0.3, 0.4) is 0 Å². The molecule has 9 heteroatoms. The molecule has 39 heavy (non-hydrogen) atoms. The lowest BCUT2D eigenvalue weighted by molar-refractivity contribution is -0.168. The number of nitrogens with one attached hydrogen (secondary N) is 1. The summed E-state index contributed by atoms with van der Waals surface area (Å²) in [5.74, 6) is 1.03. The normalized spacial score (nSPS) is 31.7. The number of halogens is 4. The van der Waals surface area contributed by atoms with E-state index in [1.807, 2.05) is 12.1 Å². The summed E-state index contributed by atoms with van der Waals surface area (Å²) in [6.45, 7) is 0.934. The summed E-state index contributed by atoms with van der Waals surface area (Å²) < 4.78 is 38.2. The average Bonchev–Trinajstić information content (AvgIpc) is 3.22. The fraction of sp³-hybridized carbons (Fsp3) is 0.533. The van der Waals surface area contributed by atoms with Crippen molar-refractivity contribution in [3.8, 4) is 0 Å². The summed E-state index contributed by atoms with van der Waals surface area (Å²) in [5, 5.41) is 14.2. The Morgan fingerprint density at radius 1 is 1.08 bits per heavy atom. The Balaban J connectivity index is 1.05. The fourth-order valence-electron chi connectivity index (χ4n) is 7.94.